The monoisotopic (exact) mass is 429 g/mol. The van der Waals surface area contributed by atoms with E-state index in [4.69, 9.17) is 9.26 Å². The van der Waals surface area contributed by atoms with E-state index < -0.39 is 0 Å². The number of carbonyl (C=O) groups is 1. The number of nitrogens with zero attached hydrogens (tertiary/aromatic N) is 4. The number of ether oxygens (including phenoxy) is 1. The van der Waals surface area contributed by atoms with E-state index in [2.05, 4.69) is 34.2 Å². The van der Waals surface area contributed by atoms with Gasteiger partial charge in [0, 0.05) is 31.7 Å². The van der Waals surface area contributed by atoms with Gasteiger partial charge in [-0.1, -0.05) is 25.4 Å². The minimum absolute atomic E-state index is 0.0594. The molecule has 1 unspecified atom stereocenters. The number of hydrogen-bond donors (Lipinski definition) is 1. The lowest BCUT2D eigenvalue weighted by atomic mass is 9.97. The highest BCUT2D eigenvalue weighted by molar-refractivity contribution is 5.79. The fourth-order valence-electron chi connectivity index (χ4n) is 3.86. The van der Waals surface area contributed by atoms with E-state index in [-0.39, 0.29) is 11.8 Å². The molecule has 1 aromatic carbocycles. The van der Waals surface area contributed by atoms with Crippen molar-refractivity contribution in [2.24, 2.45) is 5.92 Å². The predicted octanol–water partition coefficient (Wildman–Crippen LogP) is 3.20. The summed E-state index contributed by atoms with van der Waals surface area (Å²) in [6, 6.07) is 8.02. The molecule has 1 saturated heterocycles. The molecular formula is C23H35N5O3. The van der Waals surface area contributed by atoms with Gasteiger partial charge >= 0.3 is 6.01 Å². The van der Waals surface area contributed by atoms with E-state index in [0.717, 1.165) is 50.3 Å². The first-order valence-corrected chi connectivity index (χ1v) is 11.4. The zero-order chi connectivity index (χ0) is 22.1. The average molecular weight is 430 g/mol. The van der Waals surface area contributed by atoms with Crippen LogP contribution in [0.1, 0.15) is 39.5 Å². The molecule has 0 aliphatic carbocycles. The molecule has 2 heterocycles. The van der Waals surface area contributed by atoms with Gasteiger partial charge in [-0.05, 0) is 56.6 Å². The van der Waals surface area contributed by atoms with Crippen LogP contribution >= 0.6 is 0 Å². The molecule has 1 atom stereocenters. The second-order valence-electron chi connectivity index (χ2n) is 7.99. The van der Waals surface area contributed by atoms with Gasteiger partial charge in [0.15, 0.2) is 0 Å². The van der Waals surface area contributed by atoms with Crippen molar-refractivity contribution in [3.05, 3.63) is 24.3 Å². The summed E-state index contributed by atoms with van der Waals surface area (Å²) in [4.78, 5) is 21.7. The van der Waals surface area contributed by atoms with E-state index in [0.29, 0.717) is 24.9 Å². The number of nitrogens with one attached hydrogen (secondary N) is 1. The van der Waals surface area contributed by atoms with Crippen molar-refractivity contribution < 1.29 is 14.1 Å². The van der Waals surface area contributed by atoms with Gasteiger partial charge in [0.25, 0.3) is 0 Å². The van der Waals surface area contributed by atoms with Crippen molar-refractivity contribution in [3.63, 3.8) is 0 Å². The Balaban J connectivity index is 1.52. The molecule has 1 aliphatic heterocycles. The fourth-order valence-corrected chi connectivity index (χ4v) is 3.86. The summed E-state index contributed by atoms with van der Waals surface area (Å²) in [7, 11) is 1.64. The van der Waals surface area contributed by atoms with Gasteiger partial charge in [0.2, 0.25) is 11.7 Å². The molecule has 0 bridgehead atoms. The largest absolute Gasteiger partial charge is 0.497 e. The number of aromatic nitrogens is 2. The quantitative estimate of drug-likeness (QED) is 0.587. The van der Waals surface area contributed by atoms with Gasteiger partial charge in [-0.3, -0.25) is 4.79 Å². The summed E-state index contributed by atoms with van der Waals surface area (Å²) in [6.45, 7) is 9.48. The number of carbonyl (C=O) groups excluding carboxylic acids is 1. The maximum Gasteiger partial charge on any atom is 0.324 e. The molecule has 0 spiro atoms. The maximum atomic E-state index is 12.7. The highest BCUT2D eigenvalue weighted by Crippen LogP contribution is 2.25. The van der Waals surface area contributed by atoms with Crippen molar-refractivity contribution in [2.75, 3.05) is 51.3 Å². The van der Waals surface area contributed by atoms with Crippen molar-refractivity contribution in [1.29, 1.82) is 0 Å². The number of anilines is 1. The fraction of sp³-hybridized carbons (Fsp3) is 0.609. The molecule has 170 valence electrons. The van der Waals surface area contributed by atoms with Crippen LogP contribution in [0, 0.1) is 5.92 Å². The molecule has 1 amide bonds. The number of rotatable bonds is 11. The Morgan fingerprint density at radius 3 is 2.81 bits per heavy atom. The molecule has 31 heavy (non-hydrogen) atoms. The Hall–Kier alpha value is -2.61. The van der Waals surface area contributed by atoms with Crippen LogP contribution in [0.5, 0.6) is 5.75 Å². The molecule has 3 rings (SSSR count). The van der Waals surface area contributed by atoms with E-state index >= 15 is 0 Å². The lowest BCUT2D eigenvalue weighted by Gasteiger charge is -2.30. The summed E-state index contributed by atoms with van der Waals surface area (Å²) >= 11 is 0. The van der Waals surface area contributed by atoms with Crippen LogP contribution in [0.2, 0.25) is 0 Å². The topological polar surface area (TPSA) is 83.7 Å². The third kappa shape index (κ3) is 6.43. The van der Waals surface area contributed by atoms with Crippen molar-refractivity contribution >= 4 is 11.9 Å². The molecule has 0 radical (unpaired) electrons. The number of unbranched alkanes of at least 4 members (excludes halogenated alkanes) is 1. The minimum atomic E-state index is -0.0594. The van der Waals surface area contributed by atoms with E-state index in [9.17, 15) is 4.79 Å². The Bertz CT molecular complexity index is 808. The molecule has 8 heteroatoms. The van der Waals surface area contributed by atoms with Crippen LogP contribution in [0.15, 0.2) is 28.8 Å². The predicted molar refractivity (Wildman–Crippen MR) is 121 cm³/mol. The zero-order valence-corrected chi connectivity index (χ0v) is 19.0. The summed E-state index contributed by atoms with van der Waals surface area (Å²) in [5, 5.41) is 7.24. The number of piperidine rings is 1. The van der Waals surface area contributed by atoms with Gasteiger partial charge in [0.1, 0.15) is 5.75 Å². The normalized spacial score (nSPS) is 16.5. The van der Waals surface area contributed by atoms with Gasteiger partial charge in [-0.25, -0.2) is 0 Å². The third-order valence-electron chi connectivity index (χ3n) is 5.83. The summed E-state index contributed by atoms with van der Waals surface area (Å²) in [5.41, 5.74) is 0.866. The Morgan fingerprint density at radius 1 is 1.29 bits per heavy atom. The van der Waals surface area contributed by atoms with E-state index in [1.165, 1.54) is 12.8 Å². The smallest absolute Gasteiger partial charge is 0.324 e. The number of hydrogen-bond acceptors (Lipinski definition) is 7. The molecule has 1 aliphatic rings. The minimum Gasteiger partial charge on any atom is -0.497 e. The Kier molecular flexibility index (Phi) is 8.70. The number of likely N-dealkylation sites (N-methyl/N-ethyl adjacent to an activating group) is 1. The van der Waals surface area contributed by atoms with Gasteiger partial charge < -0.3 is 24.4 Å². The van der Waals surface area contributed by atoms with Crippen LogP contribution < -0.4 is 15.0 Å². The second-order valence-corrected chi connectivity index (χ2v) is 7.99. The first-order chi connectivity index (χ1) is 15.1. The van der Waals surface area contributed by atoms with Crippen LogP contribution in [0.4, 0.5) is 6.01 Å². The standard InChI is InChI=1S/C23H35N5O3/c1-4-6-14-27(5-2)16-13-24-22(29)19-8-7-15-28(17-19)23-25-21(26-31-23)18-9-11-20(30-3)12-10-18/h9-12,19H,4-8,13-17H2,1-3H3,(H,24,29). The van der Waals surface area contributed by atoms with Gasteiger partial charge in [-0.15, -0.1) is 0 Å². The number of amides is 1. The first-order valence-electron chi connectivity index (χ1n) is 11.4. The lowest BCUT2D eigenvalue weighted by Crippen LogP contribution is -2.45. The van der Waals surface area contributed by atoms with E-state index in [1.54, 1.807) is 7.11 Å². The first kappa shape index (κ1) is 23.1. The third-order valence-corrected chi connectivity index (χ3v) is 5.83. The molecule has 2 aromatic rings. The van der Waals surface area contributed by atoms with Crippen molar-refractivity contribution in [1.82, 2.24) is 20.4 Å². The summed E-state index contributed by atoms with van der Waals surface area (Å²) < 4.78 is 10.7. The highest BCUT2D eigenvalue weighted by atomic mass is 16.5. The molecular weight excluding hydrogens is 394 g/mol. The van der Waals surface area contributed by atoms with Crippen LogP contribution in [0.3, 0.4) is 0 Å². The summed E-state index contributed by atoms with van der Waals surface area (Å²) in [5.74, 6) is 1.38. The SMILES string of the molecule is CCCCN(CC)CCNC(=O)C1CCCN(c2nc(-c3ccc(OC)cc3)no2)C1. The average Bonchev–Trinajstić information content (AvgIpc) is 3.31. The van der Waals surface area contributed by atoms with Gasteiger partial charge in [0.05, 0.1) is 13.0 Å². The van der Waals surface area contributed by atoms with Crippen molar-refractivity contribution in [2.45, 2.75) is 39.5 Å². The lowest BCUT2D eigenvalue weighted by molar-refractivity contribution is -0.125. The van der Waals surface area contributed by atoms with Gasteiger partial charge in [-0.2, -0.15) is 4.98 Å². The molecule has 1 N–H and O–H groups in total. The Labute approximate surface area is 184 Å². The van der Waals surface area contributed by atoms with Crippen LogP contribution in [-0.4, -0.2) is 67.3 Å². The highest BCUT2D eigenvalue weighted by Gasteiger charge is 2.28. The molecule has 1 fully saturated rings. The molecule has 1 aromatic heterocycles. The van der Waals surface area contributed by atoms with E-state index in [1.807, 2.05) is 29.2 Å². The number of methoxy groups -OCH3 is 1. The van der Waals surface area contributed by atoms with Crippen LogP contribution in [-0.2, 0) is 4.79 Å². The summed E-state index contributed by atoms with van der Waals surface area (Å²) in [6.07, 6.45) is 4.20. The maximum absolute atomic E-state index is 12.7. The zero-order valence-electron chi connectivity index (χ0n) is 19.0. The Morgan fingerprint density at radius 2 is 2.10 bits per heavy atom. The van der Waals surface area contributed by atoms with Crippen LogP contribution in [0.25, 0.3) is 11.4 Å². The molecule has 0 saturated carbocycles. The van der Waals surface area contributed by atoms with Crippen molar-refractivity contribution in [3.8, 4) is 17.1 Å². The second kappa shape index (κ2) is 11.7. The molecule has 8 nitrogen and oxygen atoms in total. The number of benzene rings is 1.